The Morgan fingerprint density at radius 3 is 2.65 bits per heavy atom. The van der Waals surface area contributed by atoms with E-state index in [1.54, 1.807) is 18.2 Å². The van der Waals surface area contributed by atoms with Gasteiger partial charge < -0.3 is 10.6 Å². The number of hydrogen-bond donors (Lipinski definition) is 2. The summed E-state index contributed by atoms with van der Waals surface area (Å²) in [4.78, 5) is 12.6. The molecule has 1 heterocycles. The normalized spacial score (nSPS) is 21.4. The highest BCUT2D eigenvalue weighted by molar-refractivity contribution is 6.31. The molecule has 23 heavy (non-hydrogen) atoms. The zero-order valence-corrected chi connectivity index (χ0v) is 14.2. The van der Waals surface area contributed by atoms with Crippen LogP contribution in [0.4, 0.5) is 0 Å². The molecule has 0 bridgehead atoms. The fourth-order valence-corrected chi connectivity index (χ4v) is 2.50. The number of nitrogens with one attached hydrogen (secondary N) is 2. The monoisotopic (exact) mass is 328 g/mol. The minimum absolute atomic E-state index is 0.181. The van der Waals surface area contributed by atoms with Crippen molar-refractivity contribution in [3.8, 4) is 0 Å². The Kier molecular flexibility index (Phi) is 5.45. The van der Waals surface area contributed by atoms with Crippen LogP contribution in [0, 0.1) is 0 Å². The topological polar surface area (TPSA) is 41.1 Å². The first kappa shape index (κ1) is 17.1. The molecule has 0 fully saturated rings. The van der Waals surface area contributed by atoms with Gasteiger partial charge in [0.15, 0.2) is 0 Å². The van der Waals surface area contributed by atoms with Gasteiger partial charge in [0.05, 0.1) is 5.54 Å². The van der Waals surface area contributed by atoms with Crippen LogP contribution in [0.2, 0.25) is 0 Å². The molecule has 3 nitrogen and oxygen atoms in total. The molecule has 1 aromatic rings. The maximum Gasteiger partial charge on any atom is 0.268 e. The van der Waals surface area contributed by atoms with Crippen molar-refractivity contribution in [3.05, 3.63) is 83.1 Å². The largest absolute Gasteiger partial charge is 0.377 e. The van der Waals surface area contributed by atoms with E-state index in [1.165, 1.54) is 0 Å². The predicted octanol–water partition coefficient (Wildman–Crippen LogP) is 3.76. The van der Waals surface area contributed by atoms with Crippen molar-refractivity contribution in [2.75, 3.05) is 6.54 Å². The highest BCUT2D eigenvalue weighted by atomic mass is 35.5. The minimum atomic E-state index is -0.482. The first-order valence-corrected chi connectivity index (χ1v) is 7.82. The highest BCUT2D eigenvalue weighted by Gasteiger charge is 2.24. The fourth-order valence-electron chi connectivity index (χ4n) is 2.27. The van der Waals surface area contributed by atoms with E-state index >= 15 is 0 Å². The van der Waals surface area contributed by atoms with Crippen LogP contribution in [0.5, 0.6) is 0 Å². The van der Waals surface area contributed by atoms with Gasteiger partial charge in [0.2, 0.25) is 0 Å². The Morgan fingerprint density at radius 2 is 1.96 bits per heavy atom. The van der Waals surface area contributed by atoms with Crippen molar-refractivity contribution in [1.82, 2.24) is 10.6 Å². The van der Waals surface area contributed by atoms with Gasteiger partial charge in [-0.25, -0.2) is 0 Å². The van der Waals surface area contributed by atoms with Crippen LogP contribution in [0.1, 0.15) is 19.4 Å². The molecule has 0 saturated heterocycles. The quantitative estimate of drug-likeness (QED) is 0.887. The number of benzene rings is 1. The zero-order chi connectivity index (χ0) is 16.9. The summed E-state index contributed by atoms with van der Waals surface area (Å²) in [5, 5.41) is 6.73. The Balaban J connectivity index is 2.19. The fraction of sp³-hybridized carbons (Fsp3) is 0.211. The van der Waals surface area contributed by atoms with Crippen molar-refractivity contribution in [1.29, 1.82) is 0 Å². The van der Waals surface area contributed by atoms with Crippen LogP contribution < -0.4 is 10.6 Å². The maximum atomic E-state index is 12.6. The average Bonchev–Trinajstić information content (AvgIpc) is 2.58. The molecule has 2 rings (SSSR count). The summed E-state index contributed by atoms with van der Waals surface area (Å²) in [6.45, 7) is 8.37. The zero-order valence-electron chi connectivity index (χ0n) is 13.4. The van der Waals surface area contributed by atoms with E-state index in [0.717, 1.165) is 5.56 Å². The SMILES string of the molecule is C=C1/C=C(/C(=O)NC(C)(C)c2ccccc2)NC/C=C\C(Cl)=C/1. The van der Waals surface area contributed by atoms with Crippen LogP contribution in [0.25, 0.3) is 0 Å². The van der Waals surface area contributed by atoms with E-state index in [9.17, 15) is 4.79 Å². The summed E-state index contributed by atoms with van der Waals surface area (Å²) in [5.41, 5.74) is 1.69. The van der Waals surface area contributed by atoms with Crippen LogP contribution in [0.15, 0.2) is 77.5 Å². The summed E-state index contributed by atoms with van der Waals surface area (Å²) >= 11 is 6.03. The molecule has 2 N–H and O–H groups in total. The molecule has 0 spiro atoms. The molecule has 1 aliphatic heterocycles. The molecule has 0 aliphatic carbocycles. The van der Waals surface area contributed by atoms with Crippen molar-refractivity contribution < 1.29 is 4.79 Å². The number of hydrogen-bond acceptors (Lipinski definition) is 2. The van der Waals surface area contributed by atoms with Gasteiger partial charge in [0.25, 0.3) is 5.91 Å². The molecule has 0 radical (unpaired) electrons. The van der Waals surface area contributed by atoms with E-state index in [2.05, 4.69) is 17.2 Å². The van der Waals surface area contributed by atoms with Crippen LogP contribution in [-0.4, -0.2) is 12.5 Å². The van der Waals surface area contributed by atoms with Gasteiger partial charge in [-0.2, -0.15) is 0 Å². The van der Waals surface area contributed by atoms with E-state index < -0.39 is 5.54 Å². The molecule has 1 amide bonds. The lowest BCUT2D eigenvalue weighted by Crippen LogP contribution is -2.44. The van der Waals surface area contributed by atoms with Gasteiger partial charge in [0, 0.05) is 11.6 Å². The minimum Gasteiger partial charge on any atom is -0.377 e. The summed E-state index contributed by atoms with van der Waals surface area (Å²) in [6, 6.07) is 9.86. The van der Waals surface area contributed by atoms with Crippen molar-refractivity contribution >= 4 is 17.5 Å². The van der Waals surface area contributed by atoms with Gasteiger partial charge in [-0.3, -0.25) is 4.79 Å². The van der Waals surface area contributed by atoms with Crippen molar-refractivity contribution in [3.63, 3.8) is 0 Å². The Bertz CT molecular complexity index is 685. The number of carbonyl (C=O) groups excluding carboxylic acids is 1. The molecule has 1 aromatic carbocycles. The highest BCUT2D eigenvalue weighted by Crippen LogP contribution is 2.20. The van der Waals surface area contributed by atoms with Crippen molar-refractivity contribution in [2.45, 2.75) is 19.4 Å². The molecule has 120 valence electrons. The smallest absolute Gasteiger partial charge is 0.268 e. The molecule has 0 atom stereocenters. The number of carbonyl (C=O) groups is 1. The van der Waals surface area contributed by atoms with E-state index in [-0.39, 0.29) is 5.91 Å². The second-order valence-corrected chi connectivity index (χ2v) is 6.33. The molecular weight excluding hydrogens is 308 g/mol. The summed E-state index contributed by atoms with van der Waals surface area (Å²) in [6.07, 6.45) is 7.07. The molecule has 0 unspecified atom stereocenters. The number of amides is 1. The molecule has 0 saturated carbocycles. The summed E-state index contributed by atoms with van der Waals surface area (Å²) in [5.74, 6) is -0.181. The third-order valence-electron chi connectivity index (χ3n) is 3.51. The lowest BCUT2D eigenvalue weighted by molar-refractivity contribution is -0.119. The van der Waals surface area contributed by atoms with E-state index in [1.807, 2.05) is 50.3 Å². The molecular formula is C19H21ClN2O. The lowest BCUT2D eigenvalue weighted by Gasteiger charge is -2.27. The van der Waals surface area contributed by atoms with Gasteiger partial charge >= 0.3 is 0 Å². The van der Waals surface area contributed by atoms with Crippen LogP contribution in [-0.2, 0) is 10.3 Å². The third kappa shape index (κ3) is 4.86. The summed E-state index contributed by atoms with van der Waals surface area (Å²) in [7, 11) is 0. The van der Waals surface area contributed by atoms with Gasteiger partial charge in [-0.1, -0.05) is 54.6 Å². The standard InChI is InChI=1S/C19H21ClN2O/c1-14-12-16(20)10-7-11-21-17(13-14)18(23)22-19(2,3)15-8-5-4-6-9-15/h4-10,12-13,21H,1,11H2,2-3H3,(H,22,23)/b10-7-,16-12+,17-13-. The van der Waals surface area contributed by atoms with Gasteiger partial charge in [-0.05, 0) is 43.2 Å². The first-order valence-electron chi connectivity index (χ1n) is 7.45. The third-order valence-corrected chi connectivity index (χ3v) is 3.74. The molecule has 4 heteroatoms. The van der Waals surface area contributed by atoms with Crippen molar-refractivity contribution in [2.24, 2.45) is 0 Å². The number of halogens is 1. The van der Waals surface area contributed by atoms with Crippen LogP contribution >= 0.6 is 11.6 Å². The van der Waals surface area contributed by atoms with E-state index in [4.69, 9.17) is 11.6 Å². The average molecular weight is 329 g/mol. The Labute approximate surface area is 142 Å². The summed E-state index contributed by atoms with van der Waals surface area (Å²) < 4.78 is 0. The maximum absolute atomic E-state index is 12.6. The Morgan fingerprint density at radius 1 is 1.26 bits per heavy atom. The second kappa shape index (κ2) is 7.34. The predicted molar refractivity (Wildman–Crippen MR) is 95.9 cm³/mol. The Hall–Kier alpha value is -2.26. The molecule has 1 aliphatic rings. The number of allylic oxidation sites excluding steroid dienone is 5. The van der Waals surface area contributed by atoms with Gasteiger partial charge in [0.1, 0.15) is 5.70 Å². The lowest BCUT2D eigenvalue weighted by atomic mass is 9.94. The first-order chi connectivity index (χ1) is 10.9. The van der Waals surface area contributed by atoms with Gasteiger partial charge in [-0.15, -0.1) is 0 Å². The van der Waals surface area contributed by atoms with E-state index in [0.29, 0.717) is 22.8 Å². The number of rotatable bonds is 3. The second-order valence-electron chi connectivity index (χ2n) is 5.89. The van der Waals surface area contributed by atoms with Crippen LogP contribution in [0.3, 0.4) is 0 Å². The molecule has 0 aromatic heterocycles.